The number of nitrogens with zero attached hydrogens (tertiary/aromatic N) is 1. The summed E-state index contributed by atoms with van der Waals surface area (Å²) in [6, 6.07) is 3.27. The summed E-state index contributed by atoms with van der Waals surface area (Å²) in [5.41, 5.74) is 5.45. The summed E-state index contributed by atoms with van der Waals surface area (Å²) in [7, 11) is -3.68. The lowest BCUT2D eigenvalue weighted by atomic mass is 10.3. The van der Waals surface area contributed by atoms with Gasteiger partial charge in [-0.2, -0.15) is 0 Å². The first kappa shape index (κ1) is 16.9. The number of rotatable bonds is 8. The molecule has 7 heteroatoms. The molecule has 0 unspecified atom stereocenters. The molecule has 0 saturated carbocycles. The first-order valence-electron chi connectivity index (χ1n) is 6.67. The highest BCUT2D eigenvalue weighted by Gasteiger charge is 2.17. The standard InChI is InChI=1S/C13H22FN3O2S/c1-3-17(4-2)9-5-8-16-20(18,19)13-7-6-11(14)10-12(13)15/h6-7,10,16H,3-5,8-9,15H2,1-2H3. The molecule has 0 radical (unpaired) electrons. The van der Waals surface area contributed by atoms with Crippen LogP contribution in [0.25, 0.3) is 0 Å². The minimum Gasteiger partial charge on any atom is -0.398 e. The lowest BCUT2D eigenvalue weighted by Gasteiger charge is -2.17. The Bertz CT molecular complexity index is 530. The fourth-order valence-electron chi connectivity index (χ4n) is 1.89. The van der Waals surface area contributed by atoms with Crippen LogP contribution in [-0.2, 0) is 10.0 Å². The van der Waals surface area contributed by atoms with Crippen molar-refractivity contribution in [1.82, 2.24) is 9.62 Å². The maximum atomic E-state index is 12.9. The van der Waals surface area contributed by atoms with E-state index in [4.69, 9.17) is 5.73 Å². The zero-order valence-corrected chi connectivity index (χ0v) is 12.7. The van der Waals surface area contributed by atoms with Gasteiger partial charge in [-0.15, -0.1) is 0 Å². The van der Waals surface area contributed by atoms with Crippen LogP contribution in [0.15, 0.2) is 23.1 Å². The fourth-order valence-corrected chi connectivity index (χ4v) is 3.08. The van der Waals surface area contributed by atoms with Gasteiger partial charge in [-0.3, -0.25) is 0 Å². The average molecular weight is 303 g/mol. The number of halogens is 1. The van der Waals surface area contributed by atoms with Crippen LogP contribution < -0.4 is 10.5 Å². The highest BCUT2D eigenvalue weighted by atomic mass is 32.2. The number of nitrogens with one attached hydrogen (secondary N) is 1. The van der Waals surface area contributed by atoms with Crippen LogP contribution in [0.4, 0.5) is 10.1 Å². The SMILES string of the molecule is CCN(CC)CCCNS(=O)(=O)c1ccc(F)cc1N. The zero-order chi connectivity index (χ0) is 15.2. The van der Waals surface area contributed by atoms with E-state index in [9.17, 15) is 12.8 Å². The molecule has 0 spiro atoms. The molecule has 3 N–H and O–H groups in total. The molecule has 0 aromatic heterocycles. The van der Waals surface area contributed by atoms with Gasteiger partial charge in [0.25, 0.3) is 0 Å². The van der Waals surface area contributed by atoms with E-state index >= 15 is 0 Å². The van der Waals surface area contributed by atoms with Crippen molar-refractivity contribution in [3.63, 3.8) is 0 Å². The normalized spacial score (nSPS) is 12.0. The smallest absolute Gasteiger partial charge is 0.242 e. The lowest BCUT2D eigenvalue weighted by Crippen LogP contribution is -2.30. The molecule has 0 aliphatic heterocycles. The Labute approximate surface area is 120 Å². The summed E-state index contributed by atoms with van der Waals surface area (Å²) < 4.78 is 39.4. The number of sulfonamides is 1. The predicted octanol–water partition coefficient (Wildman–Crippen LogP) is 1.42. The maximum Gasteiger partial charge on any atom is 0.242 e. The summed E-state index contributed by atoms with van der Waals surface area (Å²) in [6.07, 6.45) is 0.710. The van der Waals surface area contributed by atoms with Gasteiger partial charge in [-0.25, -0.2) is 17.5 Å². The van der Waals surface area contributed by atoms with Gasteiger partial charge in [-0.05, 0) is 44.3 Å². The number of nitrogen functional groups attached to an aromatic ring is 1. The average Bonchev–Trinajstić information content (AvgIpc) is 2.38. The molecule has 0 aliphatic carbocycles. The van der Waals surface area contributed by atoms with Gasteiger partial charge in [0.2, 0.25) is 10.0 Å². The monoisotopic (exact) mass is 303 g/mol. The molecule has 0 bridgehead atoms. The van der Waals surface area contributed by atoms with Crippen LogP contribution in [0.2, 0.25) is 0 Å². The Hall–Kier alpha value is -1.18. The molecule has 0 fully saturated rings. The van der Waals surface area contributed by atoms with Crippen molar-refractivity contribution in [2.24, 2.45) is 0 Å². The summed E-state index contributed by atoms with van der Waals surface area (Å²) in [5, 5.41) is 0. The maximum absolute atomic E-state index is 12.9. The Morgan fingerprint density at radius 1 is 1.30 bits per heavy atom. The number of anilines is 1. The van der Waals surface area contributed by atoms with E-state index in [1.165, 1.54) is 6.07 Å². The highest BCUT2D eigenvalue weighted by molar-refractivity contribution is 7.89. The van der Waals surface area contributed by atoms with Crippen LogP contribution in [0.3, 0.4) is 0 Å². The highest BCUT2D eigenvalue weighted by Crippen LogP contribution is 2.18. The van der Waals surface area contributed by atoms with Crippen LogP contribution in [-0.4, -0.2) is 39.5 Å². The van der Waals surface area contributed by atoms with E-state index < -0.39 is 15.8 Å². The second-order valence-electron chi connectivity index (χ2n) is 4.46. The van der Waals surface area contributed by atoms with E-state index in [1.807, 2.05) is 0 Å². The molecule has 0 atom stereocenters. The third kappa shape index (κ3) is 4.73. The molecule has 114 valence electrons. The molecule has 1 aromatic carbocycles. The van der Waals surface area contributed by atoms with Gasteiger partial charge in [0.1, 0.15) is 10.7 Å². The lowest BCUT2D eigenvalue weighted by molar-refractivity contribution is 0.300. The Morgan fingerprint density at radius 2 is 1.95 bits per heavy atom. The Balaban J connectivity index is 2.58. The van der Waals surface area contributed by atoms with Crippen molar-refractivity contribution < 1.29 is 12.8 Å². The third-order valence-corrected chi connectivity index (χ3v) is 4.63. The minimum atomic E-state index is -3.68. The summed E-state index contributed by atoms with van der Waals surface area (Å²) >= 11 is 0. The molecule has 0 aliphatic rings. The summed E-state index contributed by atoms with van der Waals surface area (Å²) in [4.78, 5) is 2.13. The Morgan fingerprint density at radius 3 is 2.50 bits per heavy atom. The van der Waals surface area contributed by atoms with Crippen molar-refractivity contribution in [3.05, 3.63) is 24.0 Å². The van der Waals surface area contributed by atoms with Gasteiger partial charge >= 0.3 is 0 Å². The van der Waals surface area contributed by atoms with Crippen molar-refractivity contribution in [2.45, 2.75) is 25.2 Å². The van der Waals surface area contributed by atoms with E-state index in [-0.39, 0.29) is 10.6 Å². The van der Waals surface area contributed by atoms with E-state index in [2.05, 4.69) is 23.5 Å². The van der Waals surface area contributed by atoms with Gasteiger partial charge in [-0.1, -0.05) is 13.8 Å². The molecule has 1 rings (SSSR count). The van der Waals surface area contributed by atoms with Gasteiger partial charge in [0, 0.05) is 6.54 Å². The Kier molecular flexibility index (Phi) is 6.38. The van der Waals surface area contributed by atoms with E-state index in [0.717, 1.165) is 31.8 Å². The number of hydrogen-bond donors (Lipinski definition) is 2. The van der Waals surface area contributed by atoms with Crippen molar-refractivity contribution >= 4 is 15.7 Å². The summed E-state index contributed by atoms with van der Waals surface area (Å²) in [6.45, 7) is 7.16. The largest absolute Gasteiger partial charge is 0.398 e. The third-order valence-electron chi connectivity index (χ3n) is 3.10. The fraction of sp³-hybridized carbons (Fsp3) is 0.538. The molecular formula is C13H22FN3O2S. The van der Waals surface area contributed by atoms with Gasteiger partial charge in [0.05, 0.1) is 5.69 Å². The van der Waals surface area contributed by atoms with Gasteiger partial charge < -0.3 is 10.6 Å². The molecule has 0 heterocycles. The molecule has 0 saturated heterocycles. The minimum absolute atomic E-state index is 0.0817. The van der Waals surface area contributed by atoms with Crippen molar-refractivity contribution in [2.75, 3.05) is 31.9 Å². The predicted molar refractivity (Wildman–Crippen MR) is 78.4 cm³/mol. The van der Waals surface area contributed by atoms with Crippen LogP contribution in [0.5, 0.6) is 0 Å². The van der Waals surface area contributed by atoms with E-state index in [0.29, 0.717) is 13.0 Å². The van der Waals surface area contributed by atoms with Crippen LogP contribution in [0.1, 0.15) is 20.3 Å². The topological polar surface area (TPSA) is 75.4 Å². The molecule has 1 aromatic rings. The zero-order valence-electron chi connectivity index (χ0n) is 11.9. The number of hydrogen-bond acceptors (Lipinski definition) is 4. The molecule has 20 heavy (non-hydrogen) atoms. The number of benzene rings is 1. The van der Waals surface area contributed by atoms with Crippen LogP contribution >= 0.6 is 0 Å². The first-order chi connectivity index (χ1) is 9.40. The summed E-state index contributed by atoms with van der Waals surface area (Å²) in [5.74, 6) is -0.553. The molecular weight excluding hydrogens is 281 g/mol. The first-order valence-corrected chi connectivity index (χ1v) is 8.16. The van der Waals surface area contributed by atoms with E-state index in [1.54, 1.807) is 0 Å². The van der Waals surface area contributed by atoms with Crippen molar-refractivity contribution in [3.8, 4) is 0 Å². The second kappa shape index (κ2) is 7.56. The molecule has 5 nitrogen and oxygen atoms in total. The second-order valence-corrected chi connectivity index (χ2v) is 6.20. The number of nitrogens with two attached hydrogens (primary N) is 1. The van der Waals surface area contributed by atoms with Crippen LogP contribution in [0, 0.1) is 5.82 Å². The van der Waals surface area contributed by atoms with Gasteiger partial charge in [0.15, 0.2) is 0 Å². The molecule has 0 amide bonds. The van der Waals surface area contributed by atoms with Crippen molar-refractivity contribution in [1.29, 1.82) is 0 Å². The quantitative estimate of drug-likeness (QED) is 0.562.